The zero-order chi connectivity index (χ0) is 41.0. The van der Waals surface area contributed by atoms with E-state index in [0.717, 1.165) is 38.5 Å². The largest absolute Gasteiger partial charge is 0.481 e. The second-order valence-electron chi connectivity index (χ2n) is 21.3. The zero-order valence-corrected chi connectivity index (χ0v) is 35.8. The summed E-state index contributed by atoms with van der Waals surface area (Å²) in [6, 6.07) is 3.28. The Balaban J connectivity index is 1.36. The van der Waals surface area contributed by atoms with Crippen molar-refractivity contribution in [3.63, 3.8) is 0 Å². The van der Waals surface area contributed by atoms with Gasteiger partial charge in [0.2, 0.25) is 0 Å². The second kappa shape index (κ2) is 13.4. The molecule has 2 aromatic rings. The highest BCUT2D eigenvalue weighted by Gasteiger charge is 2.72. The van der Waals surface area contributed by atoms with E-state index in [1.165, 1.54) is 5.57 Å². The normalized spacial score (nSPS) is 39.7. The molecule has 5 aliphatic rings. The van der Waals surface area contributed by atoms with Gasteiger partial charge in [-0.2, -0.15) is 5.10 Å². The van der Waals surface area contributed by atoms with Crippen LogP contribution in [0.4, 0.5) is 0 Å². The summed E-state index contributed by atoms with van der Waals surface area (Å²) in [5.74, 6) is 0.0761. The molecule has 56 heavy (non-hydrogen) atoms. The van der Waals surface area contributed by atoms with Gasteiger partial charge in [0.25, 0.3) is 5.91 Å². The van der Waals surface area contributed by atoms with Crippen LogP contribution in [0.25, 0.3) is 11.4 Å². The third-order valence-electron chi connectivity index (χ3n) is 17.5. The minimum absolute atomic E-state index is 0.165. The van der Waals surface area contributed by atoms with Gasteiger partial charge in [-0.25, -0.2) is 9.67 Å². The molecular formula is C45H68N6O5. The summed E-state index contributed by atoms with van der Waals surface area (Å²) in [6.07, 6.45) is 10.7. The van der Waals surface area contributed by atoms with Crippen molar-refractivity contribution in [1.82, 2.24) is 19.7 Å². The van der Waals surface area contributed by atoms with Gasteiger partial charge in [0.1, 0.15) is 12.0 Å². The lowest BCUT2D eigenvalue weighted by Crippen LogP contribution is -2.69. The van der Waals surface area contributed by atoms with Crippen LogP contribution in [0.15, 0.2) is 36.3 Å². The maximum atomic E-state index is 13.6. The molecule has 0 radical (unpaired) electrons. The van der Waals surface area contributed by atoms with Crippen molar-refractivity contribution >= 4 is 11.9 Å². The number of aliphatic carboxylic acids is 1. The Labute approximate surface area is 334 Å². The monoisotopic (exact) mass is 773 g/mol. The van der Waals surface area contributed by atoms with Gasteiger partial charge in [-0.3, -0.25) is 14.6 Å². The molecule has 2 aromatic heterocycles. The molecule has 4 aliphatic carbocycles. The standard InChI is InChI=1S/C45H68N6O5/c1-26(2)27(3)40(7)17-18-42(9)29-12-13-33-41(8)22-55-24-45(33,30(29)14-16-43(42,10)34(40)38(53)54)21-32(35(41)56-23-44(11,47)39(4,5)6)51-37(49-25-50-51)28-15-19-48-31(20-28)36(46)52/h14-15,19-20,25-27,29,32-35H,12-13,16-18,21-24,47H2,1-11H3,(H2,46,52)(H,53,54)/t27-,29+,32-,33+,34-,35+,40-,41+,42-,43+,44+,45+/m1/s1. The lowest BCUT2D eigenvalue weighted by molar-refractivity contribution is -0.253. The molecular weight excluding hydrogens is 705 g/mol. The first kappa shape index (κ1) is 41.0. The van der Waals surface area contributed by atoms with Crippen LogP contribution in [0.3, 0.4) is 0 Å². The van der Waals surface area contributed by atoms with Crippen molar-refractivity contribution in [2.45, 2.75) is 132 Å². The first-order valence-corrected chi connectivity index (χ1v) is 21.1. The van der Waals surface area contributed by atoms with E-state index in [0.29, 0.717) is 37.1 Å². The summed E-state index contributed by atoms with van der Waals surface area (Å²) in [7, 11) is 0. The number of carboxylic acid groups (broad SMARTS) is 1. The summed E-state index contributed by atoms with van der Waals surface area (Å²) < 4.78 is 16.0. The highest BCUT2D eigenvalue weighted by atomic mass is 16.5. The Hall–Kier alpha value is -3.15. The van der Waals surface area contributed by atoms with Crippen LogP contribution < -0.4 is 11.5 Å². The smallest absolute Gasteiger partial charge is 0.307 e. The van der Waals surface area contributed by atoms with Crippen LogP contribution in [-0.2, 0) is 14.3 Å². The van der Waals surface area contributed by atoms with E-state index in [4.69, 9.17) is 31.0 Å². The molecule has 0 unspecified atom stereocenters. The predicted molar refractivity (Wildman–Crippen MR) is 216 cm³/mol. The SMILES string of the molecule is CC(C)[C@@H](C)[C@@]1(C)CC[C@]2(C)[C@H]3CC[C@@H]4[C@@]5(COC[C@]4(C)[C@@H](OC[C@](C)(N)C(C)(C)C)[C@H](n4ncnc4-c4ccnc(C(N)=O)c4)C5)C3=CC[C@@]2(C)[C@@H]1C(=O)O. The van der Waals surface area contributed by atoms with Gasteiger partial charge in [0.15, 0.2) is 5.82 Å². The Morgan fingerprint density at radius 2 is 1.77 bits per heavy atom. The van der Waals surface area contributed by atoms with Crippen molar-refractivity contribution < 1.29 is 24.2 Å². The number of pyridine rings is 1. The average Bonchev–Trinajstić information content (AvgIpc) is 3.60. The van der Waals surface area contributed by atoms with E-state index >= 15 is 0 Å². The number of nitrogens with zero attached hydrogens (tertiary/aromatic N) is 4. The van der Waals surface area contributed by atoms with Gasteiger partial charge in [0.05, 0.1) is 37.9 Å². The Morgan fingerprint density at radius 3 is 2.41 bits per heavy atom. The predicted octanol–water partition coefficient (Wildman–Crippen LogP) is 7.72. The van der Waals surface area contributed by atoms with Crippen molar-refractivity contribution in [3.05, 3.63) is 42.0 Å². The number of primary amides is 1. The van der Waals surface area contributed by atoms with Crippen molar-refractivity contribution in [1.29, 1.82) is 0 Å². The molecule has 3 saturated carbocycles. The molecule has 308 valence electrons. The van der Waals surface area contributed by atoms with Gasteiger partial charge in [-0.1, -0.05) is 80.9 Å². The topological polar surface area (TPSA) is 168 Å². The van der Waals surface area contributed by atoms with Gasteiger partial charge >= 0.3 is 5.97 Å². The highest BCUT2D eigenvalue weighted by molar-refractivity contribution is 5.91. The third kappa shape index (κ3) is 5.78. The van der Waals surface area contributed by atoms with E-state index in [2.05, 4.69) is 87.2 Å². The Kier molecular flexibility index (Phi) is 9.85. The quantitative estimate of drug-likeness (QED) is 0.216. The number of hydrogen-bond donors (Lipinski definition) is 3. The number of carboxylic acids is 1. The molecule has 0 spiro atoms. The zero-order valence-electron chi connectivity index (χ0n) is 35.8. The summed E-state index contributed by atoms with van der Waals surface area (Å²) in [5.41, 5.74) is 12.5. The van der Waals surface area contributed by atoms with Crippen LogP contribution in [-0.4, -0.2) is 68.2 Å². The summed E-state index contributed by atoms with van der Waals surface area (Å²) in [5, 5.41) is 16.1. The van der Waals surface area contributed by atoms with Crippen LogP contribution in [0.1, 0.15) is 131 Å². The number of nitrogens with two attached hydrogens (primary N) is 2. The maximum absolute atomic E-state index is 13.6. The Bertz CT molecular complexity index is 1900. The minimum atomic E-state index is -0.653. The number of rotatable bonds is 9. The first-order chi connectivity index (χ1) is 26.0. The summed E-state index contributed by atoms with van der Waals surface area (Å²) in [6.45, 7) is 26.1. The van der Waals surface area contributed by atoms with Gasteiger partial charge in [-0.15, -0.1) is 0 Å². The Morgan fingerprint density at radius 1 is 1.05 bits per heavy atom. The van der Waals surface area contributed by atoms with Crippen LogP contribution in [0.2, 0.25) is 0 Å². The molecule has 3 heterocycles. The lowest BCUT2D eigenvalue weighted by Gasteiger charge is -2.71. The molecule has 1 amide bonds. The van der Waals surface area contributed by atoms with Crippen LogP contribution >= 0.6 is 0 Å². The summed E-state index contributed by atoms with van der Waals surface area (Å²) >= 11 is 0. The average molecular weight is 773 g/mol. The molecule has 1 saturated heterocycles. The second-order valence-corrected chi connectivity index (χ2v) is 21.3. The number of ether oxygens (including phenoxy) is 2. The first-order valence-electron chi connectivity index (χ1n) is 21.1. The van der Waals surface area contributed by atoms with Crippen molar-refractivity contribution in [2.75, 3.05) is 19.8 Å². The van der Waals surface area contributed by atoms with Gasteiger partial charge in [-0.05, 0) is 103 Å². The van der Waals surface area contributed by atoms with E-state index in [-0.39, 0.29) is 57.3 Å². The molecule has 2 bridgehead atoms. The van der Waals surface area contributed by atoms with Crippen LogP contribution in [0, 0.1) is 62.1 Å². The number of amides is 1. The molecule has 11 heteroatoms. The van der Waals surface area contributed by atoms with Crippen molar-refractivity contribution in [2.24, 2.45) is 73.5 Å². The molecule has 12 atom stereocenters. The van der Waals surface area contributed by atoms with E-state index in [1.807, 2.05) is 10.7 Å². The molecule has 7 rings (SSSR count). The minimum Gasteiger partial charge on any atom is -0.481 e. The fourth-order valence-electron chi connectivity index (χ4n) is 13.0. The number of carbonyl (C=O) groups excluding carboxylic acids is 1. The molecule has 4 fully saturated rings. The van der Waals surface area contributed by atoms with Crippen LogP contribution in [0.5, 0.6) is 0 Å². The number of fused-ring (bicyclic) bond motifs is 3. The highest BCUT2D eigenvalue weighted by Crippen LogP contribution is 2.75. The summed E-state index contributed by atoms with van der Waals surface area (Å²) in [4.78, 5) is 34.8. The van der Waals surface area contributed by atoms with Gasteiger partial charge in [0, 0.05) is 28.1 Å². The van der Waals surface area contributed by atoms with Gasteiger partial charge < -0.3 is 26.0 Å². The number of aromatic nitrogens is 4. The number of allylic oxidation sites excluding steroid dienone is 1. The molecule has 1 aliphatic heterocycles. The van der Waals surface area contributed by atoms with E-state index < -0.39 is 34.2 Å². The molecule has 0 aromatic carbocycles. The lowest BCUT2D eigenvalue weighted by atomic mass is 9.34. The van der Waals surface area contributed by atoms with E-state index in [1.54, 1.807) is 18.6 Å². The number of carbonyl (C=O) groups is 2. The molecule has 5 N–H and O–H groups in total. The number of hydrogen-bond acceptors (Lipinski definition) is 8. The maximum Gasteiger partial charge on any atom is 0.307 e. The fourth-order valence-corrected chi connectivity index (χ4v) is 13.0. The van der Waals surface area contributed by atoms with Crippen molar-refractivity contribution in [3.8, 4) is 11.4 Å². The van der Waals surface area contributed by atoms with E-state index in [9.17, 15) is 14.7 Å². The fraction of sp³-hybridized carbons (Fsp3) is 0.756. The molecule has 11 nitrogen and oxygen atoms in total. The third-order valence-corrected chi connectivity index (χ3v) is 17.5.